The van der Waals surface area contributed by atoms with Gasteiger partial charge in [-0.15, -0.1) is 0 Å². The third-order valence-corrected chi connectivity index (χ3v) is 3.40. The number of aryl methyl sites for hydroxylation is 2. The molecule has 2 heteroatoms. The molecule has 0 fully saturated rings. The van der Waals surface area contributed by atoms with Crippen molar-refractivity contribution in [2.45, 2.75) is 13.8 Å². The summed E-state index contributed by atoms with van der Waals surface area (Å²) in [5.74, 6) is 0. The zero-order valence-electron chi connectivity index (χ0n) is 12.3. The molecule has 0 unspecified atom stereocenters. The molecule has 2 aromatic heterocycles. The van der Waals surface area contributed by atoms with Crippen molar-refractivity contribution < 1.29 is 0 Å². The van der Waals surface area contributed by atoms with E-state index in [-0.39, 0.29) is 0 Å². The number of hydrogen-bond acceptors (Lipinski definition) is 1. The summed E-state index contributed by atoms with van der Waals surface area (Å²) in [7, 11) is 0. The zero-order chi connectivity index (χ0) is 14.7. The fourth-order valence-corrected chi connectivity index (χ4v) is 2.39. The maximum Gasteiger partial charge on any atom is 0.0705 e. The first-order valence-corrected chi connectivity index (χ1v) is 7.09. The molecule has 21 heavy (non-hydrogen) atoms. The highest BCUT2D eigenvalue weighted by Crippen LogP contribution is 2.13. The first kappa shape index (κ1) is 13.4. The smallest absolute Gasteiger partial charge is 0.0705 e. The summed E-state index contributed by atoms with van der Waals surface area (Å²) >= 11 is 0. The Morgan fingerprint density at radius 3 is 2.29 bits per heavy atom. The lowest BCUT2D eigenvalue weighted by Gasteiger charge is -1.95. The Bertz CT molecular complexity index is 842. The van der Waals surface area contributed by atoms with E-state index < -0.39 is 0 Å². The van der Waals surface area contributed by atoms with Crippen molar-refractivity contribution in [3.05, 3.63) is 78.1 Å². The van der Waals surface area contributed by atoms with Crippen molar-refractivity contribution in [2.24, 2.45) is 0 Å². The summed E-state index contributed by atoms with van der Waals surface area (Å²) in [6.07, 6.45) is 0. The van der Waals surface area contributed by atoms with Crippen LogP contribution in [-0.2, 0) is 0 Å². The van der Waals surface area contributed by atoms with E-state index in [1.807, 2.05) is 37.3 Å². The van der Waals surface area contributed by atoms with E-state index in [9.17, 15) is 0 Å². The van der Waals surface area contributed by atoms with Crippen LogP contribution < -0.4 is 0 Å². The second kappa shape index (κ2) is 5.80. The van der Waals surface area contributed by atoms with Crippen LogP contribution in [0.25, 0.3) is 21.8 Å². The van der Waals surface area contributed by atoms with Gasteiger partial charge in [-0.3, -0.25) is 4.98 Å². The lowest BCUT2D eigenvalue weighted by Crippen LogP contribution is -1.80. The maximum atomic E-state index is 4.38. The molecule has 2 aromatic carbocycles. The molecule has 0 aliphatic rings. The molecule has 0 spiro atoms. The third-order valence-electron chi connectivity index (χ3n) is 3.40. The van der Waals surface area contributed by atoms with Gasteiger partial charge in [0.15, 0.2) is 0 Å². The number of nitrogens with zero attached hydrogens (tertiary/aromatic N) is 1. The van der Waals surface area contributed by atoms with E-state index in [0.29, 0.717) is 0 Å². The van der Waals surface area contributed by atoms with Crippen molar-refractivity contribution in [1.82, 2.24) is 9.97 Å². The van der Waals surface area contributed by atoms with Crippen LogP contribution >= 0.6 is 0 Å². The summed E-state index contributed by atoms with van der Waals surface area (Å²) in [6, 6.07) is 22.7. The number of fused-ring (bicyclic) bond motifs is 2. The van der Waals surface area contributed by atoms with Crippen molar-refractivity contribution in [3.8, 4) is 0 Å². The van der Waals surface area contributed by atoms with Crippen LogP contribution in [0.2, 0.25) is 0 Å². The predicted octanol–water partition coefficient (Wildman–Crippen LogP) is 5.02. The highest BCUT2D eigenvalue weighted by atomic mass is 14.7. The molecular formula is C19H18N2. The van der Waals surface area contributed by atoms with Gasteiger partial charge < -0.3 is 4.98 Å². The van der Waals surface area contributed by atoms with E-state index in [1.165, 1.54) is 22.0 Å². The maximum absolute atomic E-state index is 4.38. The van der Waals surface area contributed by atoms with Crippen molar-refractivity contribution in [2.75, 3.05) is 0 Å². The molecule has 1 N–H and O–H groups in total. The van der Waals surface area contributed by atoms with Gasteiger partial charge in [0.25, 0.3) is 0 Å². The second-order valence-corrected chi connectivity index (χ2v) is 5.18. The van der Waals surface area contributed by atoms with E-state index in [1.54, 1.807) is 0 Å². The van der Waals surface area contributed by atoms with Gasteiger partial charge in [-0.05, 0) is 43.5 Å². The average Bonchev–Trinajstić information content (AvgIpc) is 2.88. The quantitative estimate of drug-likeness (QED) is 0.479. The molecule has 0 radical (unpaired) electrons. The molecule has 0 amide bonds. The Kier molecular flexibility index (Phi) is 3.69. The van der Waals surface area contributed by atoms with Crippen molar-refractivity contribution in [3.63, 3.8) is 0 Å². The Morgan fingerprint density at radius 2 is 1.48 bits per heavy atom. The van der Waals surface area contributed by atoms with Crippen LogP contribution in [0.15, 0.2) is 66.7 Å². The Labute approximate surface area is 124 Å². The molecule has 0 saturated heterocycles. The number of H-pyrrole nitrogens is 1. The van der Waals surface area contributed by atoms with Gasteiger partial charge in [-0.2, -0.15) is 0 Å². The number of rotatable bonds is 0. The van der Waals surface area contributed by atoms with Gasteiger partial charge in [0, 0.05) is 22.3 Å². The summed E-state index contributed by atoms with van der Waals surface area (Å²) in [5, 5.41) is 2.50. The lowest BCUT2D eigenvalue weighted by molar-refractivity contribution is 1.26. The minimum Gasteiger partial charge on any atom is -0.359 e. The number of aromatic amines is 1. The largest absolute Gasteiger partial charge is 0.359 e. The third kappa shape index (κ3) is 3.11. The van der Waals surface area contributed by atoms with Crippen molar-refractivity contribution in [1.29, 1.82) is 0 Å². The average molecular weight is 274 g/mol. The molecule has 0 saturated carbocycles. The van der Waals surface area contributed by atoms with Gasteiger partial charge in [0.05, 0.1) is 5.52 Å². The number of nitrogens with one attached hydrogen (secondary N) is 1. The van der Waals surface area contributed by atoms with Crippen LogP contribution in [-0.4, -0.2) is 9.97 Å². The highest BCUT2D eigenvalue weighted by molar-refractivity contribution is 5.80. The number of benzene rings is 2. The van der Waals surface area contributed by atoms with Crippen LogP contribution in [0, 0.1) is 13.8 Å². The molecule has 0 aliphatic carbocycles. The van der Waals surface area contributed by atoms with Gasteiger partial charge >= 0.3 is 0 Å². The van der Waals surface area contributed by atoms with Crippen LogP contribution in [0.3, 0.4) is 0 Å². The molecular weight excluding hydrogens is 256 g/mol. The molecule has 2 heterocycles. The molecule has 0 bridgehead atoms. The van der Waals surface area contributed by atoms with E-state index in [4.69, 9.17) is 0 Å². The van der Waals surface area contributed by atoms with E-state index >= 15 is 0 Å². The standard InChI is InChI=1S/C10H9N.C9H9N/c1-8-6-7-9-4-2-3-5-10(9)11-8;1-7-6-8-4-2-3-5-9(8)10-7/h2-7H,1H3;2-6,10H,1H3. The first-order valence-electron chi connectivity index (χ1n) is 7.09. The topological polar surface area (TPSA) is 28.7 Å². The van der Waals surface area contributed by atoms with Crippen LogP contribution in [0.5, 0.6) is 0 Å². The minimum absolute atomic E-state index is 1.07. The monoisotopic (exact) mass is 274 g/mol. The number of hydrogen-bond donors (Lipinski definition) is 1. The number of aromatic nitrogens is 2. The summed E-state index contributed by atoms with van der Waals surface area (Å²) in [5.41, 5.74) is 4.59. The molecule has 4 rings (SSSR count). The Hall–Kier alpha value is -2.61. The second-order valence-electron chi connectivity index (χ2n) is 5.18. The van der Waals surface area contributed by atoms with Crippen LogP contribution in [0.4, 0.5) is 0 Å². The number of para-hydroxylation sites is 2. The summed E-state index contributed by atoms with van der Waals surface area (Å²) in [6.45, 7) is 4.08. The Balaban J connectivity index is 0.000000126. The molecule has 104 valence electrons. The normalized spacial score (nSPS) is 10.4. The summed E-state index contributed by atoms with van der Waals surface area (Å²) in [4.78, 5) is 7.63. The molecule has 2 nitrogen and oxygen atoms in total. The highest BCUT2D eigenvalue weighted by Gasteiger charge is 1.92. The van der Waals surface area contributed by atoms with E-state index in [0.717, 1.165) is 11.2 Å². The molecule has 0 aliphatic heterocycles. The zero-order valence-corrected chi connectivity index (χ0v) is 12.3. The predicted molar refractivity (Wildman–Crippen MR) is 89.5 cm³/mol. The SMILES string of the molecule is Cc1cc2ccccc2[nH]1.Cc1ccc2ccccc2n1. The lowest BCUT2D eigenvalue weighted by atomic mass is 10.2. The molecule has 0 atom stereocenters. The fraction of sp³-hybridized carbons (Fsp3) is 0.105. The van der Waals surface area contributed by atoms with Crippen molar-refractivity contribution >= 4 is 21.8 Å². The van der Waals surface area contributed by atoms with Gasteiger partial charge in [0.1, 0.15) is 0 Å². The first-order chi connectivity index (χ1) is 10.2. The number of pyridine rings is 1. The van der Waals surface area contributed by atoms with Crippen LogP contribution in [0.1, 0.15) is 11.4 Å². The van der Waals surface area contributed by atoms with Gasteiger partial charge in [-0.1, -0.05) is 42.5 Å². The van der Waals surface area contributed by atoms with Gasteiger partial charge in [0.2, 0.25) is 0 Å². The molecule has 4 aromatic rings. The minimum atomic E-state index is 1.07. The Morgan fingerprint density at radius 1 is 0.762 bits per heavy atom. The summed E-state index contributed by atoms with van der Waals surface area (Å²) < 4.78 is 0. The van der Waals surface area contributed by atoms with E-state index in [2.05, 4.69) is 53.3 Å². The fourth-order valence-electron chi connectivity index (χ4n) is 2.39. The van der Waals surface area contributed by atoms with Gasteiger partial charge in [-0.25, -0.2) is 0 Å².